The van der Waals surface area contributed by atoms with Gasteiger partial charge in [0.1, 0.15) is 11.5 Å². The molecule has 0 bridgehead atoms. The van der Waals surface area contributed by atoms with Crippen LogP contribution in [0, 0.1) is 0 Å². The van der Waals surface area contributed by atoms with Crippen molar-refractivity contribution in [2.45, 2.75) is 11.4 Å². The van der Waals surface area contributed by atoms with Gasteiger partial charge >= 0.3 is 0 Å². The largest absolute Gasteiger partial charge is 0.460 e. The summed E-state index contributed by atoms with van der Waals surface area (Å²) in [6.07, 6.45) is 0. The first-order valence-corrected chi connectivity index (χ1v) is 6.47. The van der Waals surface area contributed by atoms with Gasteiger partial charge in [0, 0.05) is 5.56 Å². The van der Waals surface area contributed by atoms with Crippen LogP contribution in [0.4, 0.5) is 0 Å². The minimum Gasteiger partial charge on any atom is -0.460 e. The molecule has 2 rings (SSSR count). The molecule has 0 atom stereocenters. The number of benzene rings is 1. The molecule has 5 nitrogen and oxygen atoms in total. The average molecular weight is 252 g/mol. The van der Waals surface area contributed by atoms with Crippen LogP contribution in [0.15, 0.2) is 45.7 Å². The monoisotopic (exact) mass is 252 g/mol. The lowest BCUT2D eigenvalue weighted by molar-refractivity contribution is 0.525. The van der Waals surface area contributed by atoms with E-state index in [4.69, 9.17) is 15.3 Å². The van der Waals surface area contributed by atoms with E-state index in [1.807, 2.05) is 0 Å². The molecule has 0 unspecified atom stereocenters. The van der Waals surface area contributed by atoms with Crippen LogP contribution >= 0.6 is 0 Å². The summed E-state index contributed by atoms with van der Waals surface area (Å²) in [4.78, 5) is 0.0758. The Bertz CT molecular complexity index is 614. The smallest absolute Gasteiger partial charge is 0.238 e. The Balaban J connectivity index is 2.35. The van der Waals surface area contributed by atoms with Gasteiger partial charge in [0.25, 0.3) is 0 Å². The molecule has 0 saturated heterocycles. The zero-order valence-electron chi connectivity index (χ0n) is 8.96. The van der Waals surface area contributed by atoms with Crippen LogP contribution in [0.3, 0.4) is 0 Å². The molecule has 1 heterocycles. The molecule has 0 aliphatic carbocycles. The first-order valence-electron chi connectivity index (χ1n) is 4.93. The Labute approximate surface area is 99.1 Å². The maximum atomic E-state index is 11.1. The fourth-order valence-corrected chi connectivity index (χ4v) is 1.97. The van der Waals surface area contributed by atoms with E-state index in [-0.39, 0.29) is 4.90 Å². The minimum absolute atomic E-state index is 0.0758. The highest BCUT2D eigenvalue weighted by molar-refractivity contribution is 7.89. The summed E-state index contributed by atoms with van der Waals surface area (Å²) in [5.74, 6) is 1.32. The molecular weight excluding hydrogens is 240 g/mol. The molecule has 4 N–H and O–H groups in total. The summed E-state index contributed by atoms with van der Waals surface area (Å²) in [5, 5.41) is 5.00. The van der Waals surface area contributed by atoms with Crippen LogP contribution < -0.4 is 10.9 Å². The normalized spacial score (nSPS) is 11.6. The highest BCUT2D eigenvalue weighted by Gasteiger charge is 2.09. The summed E-state index contributed by atoms with van der Waals surface area (Å²) in [7, 11) is -3.65. The predicted octanol–water partition coefficient (Wildman–Crippen LogP) is 1.05. The third-order valence-electron chi connectivity index (χ3n) is 2.33. The Morgan fingerprint density at radius 2 is 1.71 bits per heavy atom. The average Bonchev–Trinajstić information content (AvgIpc) is 2.76. The Kier molecular flexibility index (Phi) is 3.01. The topological polar surface area (TPSA) is 99.3 Å². The molecular formula is C11H12N2O3S. The summed E-state index contributed by atoms with van der Waals surface area (Å²) in [5.41, 5.74) is 6.21. The highest BCUT2D eigenvalue weighted by atomic mass is 32.2. The van der Waals surface area contributed by atoms with Gasteiger partial charge < -0.3 is 10.2 Å². The van der Waals surface area contributed by atoms with Gasteiger partial charge in [-0.25, -0.2) is 13.6 Å². The van der Waals surface area contributed by atoms with Gasteiger partial charge in [0.05, 0.1) is 11.4 Å². The van der Waals surface area contributed by atoms with Crippen molar-refractivity contribution in [3.63, 3.8) is 0 Å². The van der Waals surface area contributed by atoms with Crippen molar-refractivity contribution in [3.05, 3.63) is 42.2 Å². The molecule has 6 heteroatoms. The number of rotatable bonds is 3. The molecule has 0 fully saturated rings. The summed E-state index contributed by atoms with van der Waals surface area (Å²) in [6, 6.07) is 9.72. The van der Waals surface area contributed by atoms with E-state index in [9.17, 15) is 8.42 Å². The number of primary sulfonamides is 1. The molecule has 2 aromatic rings. The molecule has 1 aromatic heterocycles. The zero-order valence-corrected chi connectivity index (χ0v) is 9.78. The van der Waals surface area contributed by atoms with Gasteiger partial charge in [-0.2, -0.15) is 0 Å². The first kappa shape index (κ1) is 11.8. The maximum absolute atomic E-state index is 11.1. The Hall–Kier alpha value is -1.63. The molecule has 17 heavy (non-hydrogen) atoms. The fourth-order valence-electron chi connectivity index (χ4n) is 1.45. The Morgan fingerprint density at radius 3 is 2.18 bits per heavy atom. The van der Waals surface area contributed by atoms with Crippen molar-refractivity contribution in [1.82, 2.24) is 0 Å². The number of hydrogen-bond acceptors (Lipinski definition) is 4. The van der Waals surface area contributed by atoms with Gasteiger partial charge in [-0.05, 0) is 36.4 Å². The van der Waals surface area contributed by atoms with E-state index in [2.05, 4.69) is 0 Å². The van der Waals surface area contributed by atoms with Crippen molar-refractivity contribution in [2.75, 3.05) is 0 Å². The SMILES string of the molecule is NCc1ccc(-c2ccc(S(N)(=O)=O)cc2)o1. The van der Waals surface area contributed by atoms with E-state index in [1.54, 1.807) is 24.3 Å². The van der Waals surface area contributed by atoms with Gasteiger partial charge in [-0.3, -0.25) is 0 Å². The van der Waals surface area contributed by atoms with Crippen LogP contribution in [0.25, 0.3) is 11.3 Å². The highest BCUT2D eigenvalue weighted by Crippen LogP contribution is 2.23. The fraction of sp³-hybridized carbons (Fsp3) is 0.0909. The van der Waals surface area contributed by atoms with Crippen molar-refractivity contribution >= 4 is 10.0 Å². The molecule has 0 aliphatic heterocycles. The van der Waals surface area contributed by atoms with E-state index in [0.717, 1.165) is 5.56 Å². The quantitative estimate of drug-likeness (QED) is 0.852. The first-order chi connectivity index (χ1) is 8.00. The third kappa shape index (κ3) is 2.55. The zero-order chi connectivity index (χ0) is 12.5. The van der Waals surface area contributed by atoms with Gasteiger partial charge in [0.2, 0.25) is 10.0 Å². The summed E-state index contributed by atoms with van der Waals surface area (Å²) >= 11 is 0. The lowest BCUT2D eigenvalue weighted by Gasteiger charge is -2.00. The van der Waals surface area contributed by atoms with Crippen LogP contribution in [0.2, 0.25) is 0 Å². The molecule has 0 saturated carbocycles. The molecule has 0 spiro atoms. The molecule has 0 radical (unpaired) electrons. The summed E-state index contributed by atoms with van der Waals surface area (Å²) < 4.78 is 27.6. The van der Waals surface area contributed by atoms with Gasteiger partial charge in [-0.1, -0.05) is 0 Å². The molecule has 0 aliphatic rings. The van der Waals surface area contributed by atoms with E-state index < -0.39 is 10.0 Å². The molecule has 0 amide bonds. The maximum Gasteiger partial charge on any atom is 0.238 e. The minimum atomic E-state index is -3.65. The van der Waals surface area contributed by atoms with E-state index in [0.29, 0.717) is 18.1 Å². The number of furan rings is 1. The standard InChI is InChI=1S/C11H12N2O3S/c12-7-9-3-6-11(16-9)8-1-4-10(5-2-8)17(13,14)15/h1-6H,7,12H2,(H2,13,14,15). The van der Waals surface area contributed by atoms with E-state index in [1.165, 1.54) is 12.1 Å². The Morgan fingerprint density at radius 1 is 1.06 bits per heavy atom. The van der Waals surface area contributed by atoms with Crippen LogP contribution in [-0.2, 0) is 16.6 Å². The van der Waals surface area contributed by atoms with Crippen LogP contribution in [0.1, 0.15) is 5.76 Å². The van der Waals surface area contributed by atoms with E-state index >= 15 is 0 Å². The number of sulfonamides is 1. The predicted molar refractivity (Wildman–Crippen MR) is 63.4 cm³/mol. The lowest BCUT2D eigenvalue weighted by atomic mass is 10.2. The third-order valence-corrected chi connectivity index (χ3v) is 3.26. The summed E-state index contributed by atoms with van der Waals surface area (Å²) in [6.45, 7) is 0.329. The van der Waals surface area contributed by atoms with Crippen LogP contribution in [-0.4, -0.2) is 8.42 Å². The molecule has 1 aromatic carbocycles. The van der Waals surface area contributed by atoms with Crippen molar-refractivity contribution < 1.29 is 12.8 Å². The second-order valence-corrected chi connectivity index (χ2v) is 5.10. The molecule has 90 valence electrons. The van der Waals surface area contributed by atoms with Crippen LogP contribution in [0.5, 0.6) is 0 Å². The van der Waals surface area contributed by atoms with Gasteiger partial charge in [-0.15, -0.1) is 0 Å². The van der Waals surface area contributed by atoms with Crippen molar-refractivity contribution in [3.8, 4) is 11.3 Å². The van der Waals surface area contributed by atoms with Gasteiger partial charge in [0.15, 0.2) is 0 Å². The number of hydrogen-bond donors (Lipinski definition) is 2. The second kappa shape index (κ2) is 4.33. The lowest BCUT2D eigenvalue weighted by Crippen LogP contribution is -2.11. The second-order valence-electron chi connectivity index (χ2n) is 3.54. The number of nitrogens with two attached hydrogens (primary N) is 2. The van der Waals surface area contributed by atoms with Crippen molar-refractivity contribution in [2.24, 2.45) is 10.9 Å². The van der Waals surface area contributed by atoms with Crippen molar-refractivity contribution in [1.29, 1.82) is 0 Å².